The van der Waals surface area contributed by atoms with Crippen LogP contribution >= 0.6 is 7.82 Å². The first-order valence-electron chi connectivity index (χ1n) is 19.5. The molecule has 0 aliphatic carbocycles. The molecule has 1 N–H and O–H groups in total. The summed E-state index contributed by atoms with van der Waals surface area (Å²) in [6.45, 7) is 7.25. The number of unbranched alkanes of at least 4 members (excludes halogenated alkanes) is 18. The van der Waals surface area contributed by atoms with E-state index >= 15 is 0 Å². The number of hydrogen-bond donors (Lipinski definition) is 1. The van der Waals surface area contributed by atoms with Crippen molar-refractivity contribution in [1.29, 1.82) is 0 Å². The quantitative estimate of drug-likeness (QED) is 0.0301. The van der Waals surface area contributed by atoms with Crippen molar-refractivity contribution in [3.63, 3.8) is 0 Å². The van der Waals surface area contributed by atoms with Gasteiger partial charge in [0.05, 0.1) is 19.1 Å². The van der Waals surface area contributed by atoms with E-state index in [0.29, 0.717) is 6.42 Å². The maximum absolute atomic E-state index is 12.6. The highest BCUT2D eigenvalue weighted by molar-refractivity contribution is 7.47. The van der Waals surface area contributed by atoms with Gasteiger partial charge in [-0.15, -0.1) is 0 Å². The normalized spacial score (nSPS) is 14.4. The summed E-state index contributed by atoms with van der Waals surface area (Å²) >= 11 is 0. The van der Waals surface area contributed by atoms with Crippen molar-refractivity contribution in [3.8, 4) is 0 Å². The minimum absolute atomic E-state index is 0.00337. The Bertz CT molecular complexity index is 859. The van der Waals surface area contributed by atoms with Crippen molar-refractivity contribution < 1.29 is 37.6 Å². The fourth-order valence-corrected chi connectivity index (χ4v) is 6.12. The van der Waals surface area contributed by atoms with Crippen molar-refractivity contribution in [2.24, 2.45) is 5.92 Å². The van der Waals surface area contributed by atoms with Crippen molar-refractivity contribution in [2.45, 2.75) is 188 Å². The third-order valence-electron chi connectivity index (χ3n) is 8.40. The van der Waals surface area contributed by atoms with Crippen molar-refractivity contribution in [3.05, 3.63) is 24.3 Å². The first kappa shape index (κ1) is 46.5. The van der Waals surface area contributed by atoms with Crippen LogP contribution in [0.4, 0.5) is 0 Å². The molecule has 0 aromatic rings. The number of hydrogen-bond acceptors (Lipinski definition) is 7. The fraction of sp³-hybridized carbons (Fsp3) is 0.846. The molecule has 0 aromatic carbocycles. The second-order valence-electron chi connectivity index (χ2n) is 13.1. The SMILES string of the molecule is CCCCC/C=C\C/C=C\CCCCCCCC(=O)O[C@H](COC(=O)C(C)CCCCCCCCCCCCC)COP(=O)(O)OCC. The van der Waals surface area contributed by atoms with E-state index in [0.717, 1.165) is 57.8 Å². The highest BCUT2D eigenvalue weighted by atomic mass is 31.2. The number of phosphoric acid groups is 1. The van der Waals surface area contributed by atoms with E-state index in [4.69, 9.17) is 18.5 Å². The second kappa shape index (κ2) is 34.0. The number of carbonyl (C=O) groups excluding carboxylic acids is 2. The van der Waals surface area contributed by atoms with Crippen molar-refractivity contribution in [2.75, 3.05) is 19.8 Å². The van der Waals surface area contributed by atoms with Crippen LogP contribution in [0.1, 0.15) is 182 Å². The number of allylic oxidation sites excluding steroid dienone is 4. The van der Waals surface area contributed by atoms with Gasteiger partial charge in [-0.2, -0.15) is 0 Å². The van der Waals surface area contributed by atoms with E-state index in [2.05, 4.69) is 38.2 Å². The van der Waals surface area contributed by atoms with E-state index in [1.807, 2.05) is 6.92 Å². The molecule has 0 heterocycles. The van der Waals surface area contributed by atoms with Crippen molar-refractivity contribution >= 4 is 19.8 Å². The van der Waals surface area contributed by atoms with E-state index < -0.39 is 26.5 Å². The second-order valence-corrected chi connectivity index (χ2v) is 14.6. The lowest BCUT2D eigenvalue weighted by Crippen LogP contribution is -2.30. The van der Waals surface area contributed by atoms with E-state index in [-0.39, 0.29) is 31.5 Å². The lowest BCUT2D eigenvalue weighted by atomic mass is 10.0. The van der Waals surface area contributed by atoms with Gasteiger partial charge in [-0.1, -0.05) is 148 Å². The van der Waals surface area contributed by atoms with Crippen LogP contribution in [-0.2, 0) is 32.7 Å². The van der Waals surface area contributed by atoms with Gasteiger partial charge in [-0.05, 0) is 51.9 Å². The van der Waals surface area contributed by atoms with Gasteiger partial charge in [0, 0.05) is 6.42 Å². The lowest BCUT2D eigenvalue weighted by molar-refractivity contribution is -0.163. The Balaban J connectivity index is 4.29. The fourth-order valence-electron chi connectivity index (χ4n) is 5.37. The van der Waals surface area contributed by atoms with Gasteiger partial charge in [0.1, 0.15) is 6.61 Å². The minimum Gasteiger partial charge on any atom is -0.461 e. The van der Waals surface area contributed by atoms with Gasteiger partial charge in [-0.25, -0.2) is 4.57 Å². The first-order chi connectivity index (χ1) is 23.3. The summed E-state index contributed by atoms with van der Waals surface area (Å²) in [7, 11) is -4.29. The maximum Gasteiger partial charge on any atom is 0.472 e. The third kappa shape index (κ3) is 31.8. The zero-order valence-corrected chi connectivity index (χ0v) is 32.2. The van der Waals surface area contributed by atoms with Gasteiger partial charge in [-0.3, -0.25) is 18.6 Å². The molecule has 0 spiro atoms. The topological polar surface area (TPSA) is 108 Å². The summed E-state index contributed by atoms with van der Waals surface area (Å²) in [4.78, 5) is 35.0. The Kier molecular flexibility index (Phi) is 33.0. The molecule has 3 atom stereocenters. The molecular formula is C39H73O8P. The molecule has 0 aliphatic heterocycles. The number of ether oxygens (including phenoxy) is 2. The Hall–Kier alpha value is -1.47. The maximum atomic E-state index is 12.6. The summed E-state index contributed by atoms with van der Waals surface area (Å²) < 4.78 is 32.7. The smallest absolute Gasteiger partial charge is 0.461 e. The van der Waals surface area contributed by atoms with Crippen LogP contribution in [0.2, 0.25) is 0 Å². The van der Waals surface area contributed by atoms with Gasteiger partial charge in [0.25, 0.3) is 0 Å². The number of esters is 2. The minimum atomic E-state index is -4.29. The molecule has 48 heavy (non-hydrogen) atoms. The molecule has 0 rings (SSSR count). The Morgan fingerprint density at radius 2 is 1.15 bits per heavy atom. The molecule has 0 amide bonds. The zero-order chi connectivity index (χ0) is 35.6. The number of rotatable bonds is 35. The van der Waals surface area contributed by atoms with Crippen LogP contribution in [0, 0.1) is 5.92 Å². The molecule has 0 aromatic heterocycles. The van der Waals surface area contributed by atoms with Gasteiger partial charge in [0.15, 0.2) is 6.10 Å². The predicted molar refractivity (Wildman–Crippen MR) is 198 cm³/mol. The predicted octanol–water partition coefficient (Wildman–Crippen LogP) is 11.7. The van der Waals surface area contributed by atoms with E-state index in [9.17, 15) is 19.0 Å². The van der Waals surface area contributed by atoms with Crippen LogP contribution in [0.25, 0.3) is 0 Å². The third-order valence-corrected chi connectivity index (χ3v) is 9.46. The summed E-state index contributed by atoms with van der Waals surface area (Å²) in [5, 5.41) is 0. The molecule has 2 unspecified atom stereocenters. The summed E-state index contributed by atoms with van der Waals surface area (Å²) in [5.41, 5.74) is 0. The van der Waals surface area contributed by atoms with E-state index in [1.165, 1.54) is 83.5 Å². The summed E-state index contributed by atoms with van der Waals surface area (Å²) in [6, 6.07) is 0. The average molecular weight is 701 g/mol. The van der Waals surface area contributed by atoms with Crippen LogP contribution < -0.4 is 0 Å². The lowest BCUT2D eigenvalue weighted by Gasteiger charge is -2.20. The number of phosphoric ester groups is 1. The molecule has 0 saturated heterocycles. The molecule has 0 radical (unpaired) electrons. The molecule has 0 aliphatic rings. The summed E-state index contributed by atoms with van der Waals surface area (Å²) in [5.74, 6) is -1.08. The Morgan fingerprint density at radius 1 is 0.646 bits per heavy atom. The molecule has 0 fully saturated rings. The standard InChI is InChI=1S/C39H73O8P/c1-5-8-10-12-14-16-18-19-20-21-23-25-27-29-31-33-38(40)47-37(35-46-48(42,43)45-7-3)34-44-39(41)36(4)32-30-28-26-24-22-17-15-13-11-9-6-2/h14,16,19-20,36-37H,5-13,15,17-18,21-35H2,1-4H3,(H,42,43)/b16-14-,20-19-/t36?,37-/m1/s1. The molecule has 8 nitrogen and oxygen atoms in total. The van der Waals surface area contributed by atoms with Gasteiger partial charge < -0.3 is 14.4 Å². The van der Waals surface area contributed by atoms with Crippen LogP contribution in [0.15, 0.2) is 24.3 Å². The Labute approximate surface area is 294 Å². The van der Waals surface area contributed by atoms with Gasteiger partial charge >= 0.3 is 19.8 Å². The first-order valence-corrected chi connectivity index (χ1v) is 21.0. The molecule has 9 heteroatoms. The van der Waals surface area contributed by atoms with Crippen LogP contribution in [0.5, 0.6) is 0 Å². The molecular weight excluding hydrogens is 627 g/mol. The van der Waals surface area contributed by atoms with Crippen molar-refractivity contribution in [1.82, 2.24) is 0 Å². The highest BCUT2D eigenvalue weighted by Gasteiger charge is 2.26. The number of carbonyl (C=O) groups is 2. The van der Waals surface area contributed by atoms with E-state index in [1.54, 1.807) is 6.92 Å². The largest absolute Gasteiger partial charge is 0.472 e. The Morgan fingerprint density at radius 3 is 1.73 bits per heavy atom. The molecule has 0 saturated carbocycles. The van der Waals surface area contributed by atoms with Crippen LogP contribution in [0.3, 0.4) is 0 Å². The highest BCUT2D eigenvalue weighted by Crippen LogP contribution is 2.43. The van der Waals surface area contributed by atoms with Crippen LogP contribution in [-0.4, -0.2) is 42.8 Å². The molecule has 282 valence electrons. The average Bonchev–Trinajstić information content (AvgIpc) is 3.06. The molecule has 0 bridgehead atoms. The van der Waals surface area contributed by atoms with Gasteiger partial charge in [0.2, 0.25) is 0 Å². The summed E-state index contributed by atoms with van der Waals surface area (Å²) in [6.07, 6.45) is 34.7. The zero-order valence-electron chi connectivity index (χ0n) is 31.3. The monoisotopic (exact) mass is 701 g/mol.